The molecule has 0 aliphatic rings. The molecule has 0 spiro atoms. The Balaban J connectivity index is 2.11. The van der Waals surface area contributed by atoms with Gasteiger partial charge in [0.25, 0.3) is 0 Å². The van der Waals surface area contributed by atoms with Crippen molar-refractivity contribution in [1.82, 2.24) is 0 Å². The second kappa shape index (κ2) is 4.81. The van der Waals surface area contributed by atoms with E-state index >= 15 is 0 Å². The molecule has 82 valence electrons. The minimum Gasteiger partial charge on any atom is -0.392 e. The van der Waals surface area contributed by atoms with E-state index in [0.29, 0.717) is 0 Å². The molecule has 16 heavy (non-hydrogen) atoms. The van der Waals surface area contributed by atoms with E-state index in [4.69, 9.17) is 5.11 Å². The predicted molar refractivity (Wildman–Crippen MR) is 66.8 cm³/mol. The lowest BCUT2D eigenvalue weighted by molar-refractivity contribution is 0.282. The van der Waals surface area contributed by atoms with Crippen molar-refractivity contribution in [3.8, 4) is 0 Å². The molecule has 2 N–H and O–H groups in total. The van der Waals surface area contributed by atoms with Crippen LogP contribution in [0.15, 0.2) is 48.5 Å². The minimum atomic E-state index is 0.0881. The van der Waals surface area contributed by atoms with Crippen molar-refractivity contribution in [1.29, 1.82) is 0 Å². The average molecular weight is 213 g/mol. The molecular formula is C14H15NO. The van der Waals surface area contributed by atoms with E-state index in [0.717, 1.165) is 16.9 Å². The van der Waals surface area contributed by atoms with Crippen LogP contribution >= 0.6 is 0 Å². The Morgan fingerprint density at radius 1 is 0.875 bits per heavy atom. The molecule has 2 rings (SSSR count). The summed E-state index contributed by atoms with van der Waals surface area (Å²) in [4.78, 5) is 0. The Morgan fingerprint density at radius 3 is 1.88 bits per heavy atom. The van der Waals surface area contributed by atoms with Crippen LogP contribution < -0.4 is 5.32 Å². The van der Waals surface area contributed by atoms with Gasteiger partial charge in [0.15, 0.2) is 0 Å². The zero-order chi connectivity index (χ0) is 11.4. The first-order valence-corrected chi connectivity index (χ1v) is 5.31. The highest BCUT2D eigenvalue weighted by Crippen LogP contribution is 2.17. The molecule has 0 fully saturated rings. The van der Waals surface area contributed by atoms with Gasteiger partial charge in [0.2, 0.25) is 0 Å². The summed E-state index contributed by atoms with van der Waals surface area (Å²) in [7, 11) is 0. The van der Waals surface area contributed by atoms with E-state index in [9.17, 15) is 0 Å². The minimum absolute atomic E-state index is 0.0881. The van der Waals surface area contributed by atoms with Gasteiger partial charge < -0.3 is 10.4 Å². The summed E-state index contributed by atoms with van der Waals surface area (Å²) in [5, 5.41) is 12.2. The molecule has 2 aromatic rings. The fraction of sp³-hybridized carbons (Fsp3) is 0.143. The van der Waals surface area contributed by atoms with Gasteiger partial charge >= 0.3 is 0 Å². The molecule has 0 amide bonds. The van der Waals surface area contributed by atoms with Crippen LogP contribution in [0.3, 0.4) is 0 Å². The zero-order valence-corrected chi connectivity index (χ0v) is 9.27. The molecule has 2 heteroatoms. The smallest absolute Gasteiger partial charge is 0.0681 e. The van der Waals surface area contributed by atoms with Crippen molar-refractivity contribution in [2.75, 3.05) is 5.32 Å². The molecule has 0 aromatic heterocycles. The van der Waals surface area contributed by atoms with E-state index in [1.54, 1.807) is 0 Å². The summed E-state index contributed by atoms with van der Waals surface area (Å²) >= 11 is 0. The summed E-state index contributed by atoms with van der Waals surface area (Å²) in [6.45, 7) is 2.16. The highest BCUT2D eigenvalue weighted by molar-refractivity contribution is 5.59. The van der Waals surface area contributed by atoms with E-state index < -0.39 is 0 Å². The Hall–Kier alpha value is -1.80. The Labute approximate surface area is 95.6 Å². The number of aliphatic hydroxyl groups is 1. The van der Waals surface area contributed by atoms with Crippen LogP contribution in [0.2, 0.25) is 0 Å². The molecule has 2 aromatic carbocycles. The summed E-state index contributed by atoms with van der Waals surface area (Å²) in [5.74, 6) is 0. The number of aliphatic hydroxyl groups excluding tert-OH is 1. The SMILES string of the molecule is Cc1ccc(Nc2ccc(CO)cc2)cc1. The Kier molecular flexibility index (Phi) is 3.22. The number of hydrogen-bond acceptors (Lipinski definition) is 2. The molecule has 0 unspecified atom stereocenters. The molecule has 0 radical (unpaired) electrons. The summed E-state index contributed by atoms with van der Waals surface area (Å²) in [5.41, 5.74) is 4.28. The average Bonchev–Trinajstić information content (AvgIpc) is 2.33. The topological polar surface area (TPSA) is 32.3 Å². The predicted octanol–water partition coefficient (Wildman–Crippen LogP) is 3.23. The maximum atomic E-state index is 8.93. The number of aryl methyl sites for hydroxylation is 1. The van der Waals surface area contributed by atoms with Gasteiger partial charge in [0.1, 0.15) is 0 Å². The van der Waals surface area contributed by atoms with Crippen LogP contribution in [0.4, 0.5) is 11.4 Å². The Morgan fingerprint density at radius 2 is 1.38 bits per heavy atom. The summed E-state index contributed by atoms with van der Waals surface area (Å²) in [6.07, 6.45) is 0. The van der Waals surface area contributed by atoms with E-state index in [-0.39, 0.29) is 6.61 Å². The first-order chi connectivity index (χ1) is 7.78. The third-order valence-electron chi connectivity index (χ3n) is 2.48. The molecule has 0 heterocycles. The Bertz CT molecular complexity index is 445. The highest BCUT2D eigenvalue weighted by atomic mass is 16.3. The molecule has 0 aliphatic heterocycles. The number of nitrogens with one attached hydrogen (secondary N) is 1. The van der Waals surface area contributed by atoms with Crippen molar-refractivity contribution in [3.63, 3.8) is 0 Å². The second-order valence-electron chi connectivity index (χ2n) is 3.85. The zero-order valence-electron chi connectivity index (χ0n) is 9.27. The van der Waals surface area contributed by atoms with E-state index in [1.165, 1.54) is 5.56 Å². The van der Waals surface area contributed by atoms with Gasteiger partial charge in [-0.3, -0.25) is 0 Å². The van der Waals surface area contributed by atoms with Crippen molar-refractivity contribution in [3.05, 3.63) is 59.7 Å². The van der Waals surface area contributed by atoms with Crippen molar-refractivity contribution < 1.29 is 5.11 Å². The van der Waals surface area contributed by atoms with Gasteiger partial charge in [-0.05, 0) is 36.8 Å². The molecule has 0 bridgehead atoms. The van der Waals surface area contributed by atoms with Crippen LogP contribution in [0.5, 0.6) is 0 Å². The van der Waals surface area contributed by atoms with Crippen molar-refractivity contribution >= 4 is 11.4 Å². The molecule has 0 aliphatic carbocycles. The third-order valence-corrected chi connectivity index (χ3v) is 2.48. The van der Waals surface area contributed by atoms with Crippen molar-refractivity contribution in [2.24, 2.45) is 0 Å². The molecular weight excluding hydrogens is 198 g/mol. The second-order valence-corrected chi connectivity index (χ2v) is 3.85. The number of hydrogen-bond donors (Lipinski definition) is 2. The standard InChI is InChI=1S/C14H15NO/c1-11-2-6-13(7-3-11)15-14-8-4-12(10-16)5-9-14/h2-9,15-16H,10H2,1H3. The maximum absolute atomic E-state index is 8.93. The summed E-state index contributed by atoms with van der Waals surface area (Å²) < 4.78 is 0. The van der Waals surface area contributed by atoms with Gasteiger partial charge in [-0.2, -0.15) is 0 Å². The number of benzene rings is 2. The maximum Gasteiger partial charge on any atom is 0.0681 e. The first kappa shape index (κ1) is 10.7. The van der Waals surface area contributed by atoms with Crippen LogP contribution in [0.1, 0.15) is 11.1 Å². The fourth-order valence-electron chi connectivity index (χ4n) is 1.50. The van der Waals surface area contributed by atoms with Crippen molar-refractivity contribution in [2.45, 2.75) is 13.5 Å². The number of rotatable bonds is 3. The molecule has 2 nitrogen and oxygen atoms in total. The third kappa shape index (κ3) is 2.61. The van der Waals surface area contributed by atoms with Crippen LogP contribution in [-0.4, -0.2) is 5.11 Å². The lowest BCUT2D eigenvalue weighted by Gasteiger charge is -2.07. The first-order valence-electron chi connectivity index (χ1n) is 5.31. The van der Waals surface area contributed by atoms with Crippen LogP contribution in [-0.2, 0) is 6.61 Å². The fourth-order valence-corrected chi connectivity index (χ4v) is 1.50. The molecule has 0 saturated heterocycles. The van der Waals surface area contributed by atoms with Gasteiger partial charge in [-0.15, -0.1) is 0 Å². The van der Waals surface area contributed by atoms with E-state index in [2.05, 4.69) is 36.5 Å². The van der Waals surface area contributed by atoms with Gasteiger partial charge in [-0.1, -0.05) is 29.8 Å². The lowest BCUT2D eigenvalue weighted by Crippen LogP contribution is -1.90. The number of anilines is 2. The summed E-state index contributed by atoms with van der Waals surface area (Å²) in [6, 6.07) is 16.0. The van der Waals surface area contributed by atoms with Crippen LogP contribution in [0.25, 0.3) is 0 Å². The largest absolute Gasteiger partial charge is 0.392 e. The van der Waals surface area contributed by atoms with Gasteiger partial charge in [0, 0.05) is 11.4 Å². The molecule has 0 atom stereocenters. The lowest BCUT2D eigenvalue weighted by atomic mass is 10.2. The normalized spacial score (nSPS) is 10.1. The van der Waals surface area contributed by atoms with E-state index in [1.807, 2.05) is 24.3 Å². The van der Waals surface area contributed by atoms with Gasteiger partial charge in [-0.25, -0.2) is 0 Å². The van der Waals surface area contributed by atoms with Crippen LogP contribution in [0, 0.1) is 6.92 Å². The highest BCUT2D eigenvalue weighted by Gasteiger charge is 1.95. The van der Waals surface area contributed by atoms with Gasteiger partial charge in [0.05, 0.1) is 6.61 Å². The quantitative estimate of drug-likeness (QED) is 0.820. The molecule has 0 saturated carbocycles. The monoisotopic (exact) mass is 213 g/mol.